The van der Waals surface area contributed by atoms with Crippen LogP contribution in [0.5, 0.6) is 5.75 Å². The van der Waals surface area contributed by atoms with Crippen LogP contribution < -0.4 is 15.8 Å². The number of aliphatic hydroxyl groups is 1. The van der Waals surface area contributed by atoms with E-state index in [1.807, 2.05) is 18.2 Å². The van der Waals surface area contributed by atoms with E-state index < -0.39 is 5.97 Å². The second-order valence-corrected chi connectivity index (χ2v) is 8.78. The predicted molar refractivity (Wildman–Crippen MR) is 127 cm³/mol. The Morgan fingerprint density at radius 2 is 2.06 bits per heavy atom. The summed E-state index contributed by atoms with van der Waals surface area (Å²) in [5.41, 5.74) is 7.07. The van der Waals surface area contributed by atoms with Crippen molar-refractivity contribution in [1.29, 1.82) is 0 Å². The minimum absolute atomic E-state index is 0.0972. The molecule has 8 nitrogen and oxygen atoms in total. The number of thiophene rings is 1. The molecule has 0 fully saturated rings. The summed E-state index contributed by atoms with van der Waals surface area (Å²) in [4.78, 5) is 22.4. The van der Waals surface area contributed by atoms with E-state index in [1.54, 1.807) is 18.4 Å². The molecule has 0 unspecified atom stereocenters. The zero-order valence-electron chi connectivity index (χ0n) is 17.9. The van der Waals surface area contributed by atoms with Crippen LogP contribution in [-0.2, 0) is 30.6 Å². The third-order valence-corrected chi connectivity index (χ3v) is 6.46. The lowest BCUT2D eigenvalue weighted by molar-refractivity contribution is -0.136. The van der Waals surface area contributed by atoms with E-state index in [0.29, 0.717) is 35.5 Å². The molecular formula is C22H27ClN4O4S. The Morgan fingerprint density at radius 1 is 1.31 bits per heavy atom. The van der Waals surface area contributed by atoms with E-state index >= 15 is 0 Å². The first-order valence-electron chi connectivity index (χ1n) is 10.4. The van der Waals surface area contributed by atoms with Crippen LogP contribution in [0.1, 0.15) is 34.7 Å². The number of carbonyl (C=O) groups is 1. The fraction of sp³-hybridized carbons (Fsp3) is 0.409. The first-order chi connectivity index (χ1) is 15.5. The Kier molecular flexibility index (Phi) is 8.63. The van der Waals surface area contributed by atoms with Crippen LogP contribution in [0.4, 0.5) is 5.82 Å². The fourth-order valence-electron chi connectivity index (χ4n) is 3.55. The number of ether oxygens (including phenoxy) is 1. The second kappa shape index (κ2) is 11.4. The number of aliphatic carboxylic acids is 1. The molecule has 172 valence electrons. The zero-order chi connectivity index (χ0) is 23.1. The molecule has 0 aliphatic heterocycles. The van der Waals surface area contributed by atoms with Crippen molar-refractivity contribution < 1.29 is 19.7 Å². The van der Waals surface area contributed by atoms with Crippen LogP contribution in [0.2, 0.25) is 5.02 Å². The molecule has 2 heterocycles. The number of carboxylic acids is 1. The third-order valence-electron chi connectivity index (χ3n) is 4.98. The molecule has 1 aromatic carbocycles. The normalized spacial score (nSPS) is 12.6. The number of hydrogen-bond acceptors (Lipinski definition) is 8. The first-order valence-corrected chi connectivity index (χ1v) is 11.6. The largest absolute Gasteiger partial charge is 0.495 e. The molecule has 32 heavy (non-hydrogen) atoms. The van der Waals surface area contributed by atoms with Crippen LogP contribution >= 0.6 is 22.9 Å². The fourth-order valence-corrected chi connectivity index (χ4v) is 5.11. The molecule has 0 amide bonds. The molecule has 0 radical (unpaired) electrons. The Labute approximate surface area is 195 Å². The maximum atomic E-state index is 11.2. The van der Waals surface area contributed by atoms with Gasteiger partial charge in [0.1, 0.15) is 28.6 Å². The van der Waals surface area contributed by atoms with Gasteiger partial charge in [0.15, 0.2) is 0 Å². The number of methoxy groups -OCH3 is 1. The summed E-state index contributed by atoms with van der Waals surface area (Å²) in [6.07, 6.45) is 4.21. The minimum Gasteiger partial charge on any atom is -0.495 e. The monoisotopic (exact) mass is 478 g/mol. The van der Waals surface area contributed by atoms with Crippen molar-refractivity contribution in [3.05, 3.63) is 45.1 Å². The molecule has 0 saturated heterocycles. The summed E-state index contributed by atoms with van der Waals surface area (Å²) in [5, 5.41) is 21.9. The lowest BCUT2D eigenvalue weighted by Gasteiger charge is -2.13. The average molecular weight is 479 g/mol. The van der Waals surface area contributed by atoms with E-state index in [9.17, 15) is 4.79 Å². The Hall–Kier alpha value is -2.46. The number of aromatic nitrogens is 2. The number of nitrogens with one attached hydrogen (secondary N) is 1. The van der Waals surface area contributed by atoms with Gasteiger partial charge in [-0.3, -0.25) is 4.79 Å². The molecule has 1 aliphatic carbocycles. The number of nitrogens with two attached hydrogens (primary N) is 1. The van der Waals surface area contributed by atoms with E-state index in [2.05, 4.69) is 15.3 Å². The highest BCUT2D eigenvalue weighted by Crippen LogP contribution is 2.39. The molecular weight excluding hydrogens is 452 g/mol. The van der Waals surface area contributed by atoms with Crippen LogP contribution in [0.25, 0.3) is 10.2 Å². The van der Waals surface area contributed by atoms with Crippen molar-refractivity contribution in [2.45, 2.75) is 38.6 Å². The maximum Gasteiger partial charge on any atom is 0.311 e. The molecule has 10 heteroatoms. The van der Waals surface area contributed by atoms with Crippen molar-refractivity contribution in [2.75, 3.05) is 25.6 Å². The van der Waals surface area contributed by atoms with Crippen molar-refractivity contribution in [1.82, 2.24) is 9.97 Å². The zero-order valence-corrected chi connectivity index (χ0v) is 19.4. The van der Waals surface area contributed by atoms with Gasteiger partial charge in [0.2, 0.25) is 0 Å². The van der Waals surface area contributed by atoms with Crippen molar-refractivity contribution in [3.8, 4) is 5.75 Å². The van der Waals surface area contributed by atoms with Gasteiger partial charge in [0, 0.05) is 18.0 Å². The number of nitrogens with zero attached hydrogens (tertiary/aromatic N) is 2. The molecule has 0 spiro atoms. The summed E-state index contributed by atoms with van der Waals surface area (Å²) >= 11 is 7.89. The number of aliphatic hydroxyl groups excluding tert-OH is 1. The second-order valence-electron chi connectivity index (χ2n) is 7.28. The smallest absolute Gasteiger partial charge is 0.311 e. The van der Waals surface area contributed by atoms with Crippen molar-refractivity contribution in [2.24, 2.45) is 5.73 Å². The number of carboxylic acid groups (broad SMARTS) is 1. The third kappa shape index (κ3) is 5.86. The molecule has 0 bridgehead atoms. The van der Waals surface area contributed by atoms with Crippen LogP contribution in [-0.4, -0.2) is 46.4 Å². The van der Waals surface area contributed by atoms with Gasteiger partial charge in [-0.05, 0) is 48.9 Å². The van der Waals surface area contributed by atoms with Gasteiger partial charge in [-0.2, -0.15) is 0 Å². The van der Waals surface area contributed by atoms with E-state index in [4.69, 9.17) is 32.3 Å². The molecule has 5 N–H and O–H groups in total. The number of halogens is 1. The summed E-state index contributed by atoms with van der Waals surface area (Å²) in [7, 11) is 1.58. The lowest BCUT2D eigenvalue weighted by atomic mass is 9.97. The van der Waals surface area contributed by atoms with Gasteiger partial charge >= 0.3 is 5.97 Å². The number of anilines is 1. The van der Waals surface area contributed by atoms with Crippen LogP contribution in [0, 0.1) is 0 Å². The number of hydrogen-bond donors (Lipinski definition) is 4. The van der Waals surface area contributed by atoms with E-state index in [0.717, 1.165) is 35.0 Å². The van der Waals surface area contributed by atoms with Gasteiger partial charge in [-0.15, -0.1) is 11.3 Å². The van der Waals surface area contributed by atoms with Crippen molar-refractivity contribution >= 4 is 44.9 Å². The number of rotatable bonds is 7. The number of benzene rings is 1. The topological polar surface area (TPSA) is 131 Å². The number of aryl methyl sites for hydroxylation is 2. The highest BCUT2D eigenvalue weighted by atomic mass is 35.5. The Morgan fingerprint density at radius 3 is 2.72 bits per heavy atom. The van der Waals surface area contributed by atoms with Gasteiger partial charge in [0.05, 0.1) is 24.1 Å². The molecule has 0 saturated carbocycles. The number of fused-ring (bicyclic) bond motifs is 3. The molecule has 2 aromatic heterocycles. The van der Waals surface area contributed by atoms with Gasteiger partial charge in [-0.1, -0.05) is 17.7 Å². The summed E-state index contributed by atoms with van der Waals surface area (Å²) in [6, 6.07) is 5.63. The molecule has 3 aromatic rings. The van der Waals surface area contributed by atoms with Crippen molar-refractivity contribution in [3.63, 3.8) is 0 Å². The first kappa shape index (κ1) is 24.2. The highest BCUT2D eigenvalue weighted by Gasteiger charge is 2.21. The molecule has 1 aliphatic rings. The Bertz CT molecular complexity index is 1090. The standard InChI is InChI=1S/C20H20ClN3O3S.C2H7NO/c1-27-14-7-6-11(8-13(14)21)10-22-19-18-12-4-2-3-5-15(12)28-20(18)24-16(23-19)9-17(25)26;3-1-2-4/h6-8H,2-5,9-10H2,1H3,(H,25,26)(H,22,23,24);4H,1-3H2. The van der Waals surface area contributed by atoms with E-state index in [1.165, 1.54) is 16.9 Å². The van der Waals surface area contributed by atoms with Gasteiger partial charge in [0.25, 0.3) is 0 Å². The summed E-state index contributed by atoms with van der Waals surface area (Å²) in [6.45, 7) is 0.993. The molecule has 0 atom stereocenters. The van der Waals surface area contributed by atoms with Gasteiger partial charge < -0.3 is 26.0 Å². The van der Waals surface area contributed by atoms with Crippen LogP contribution in [0.15, 0.2) is 18.2 Å². The molecule has 4 rings (SSSR count). The Balaban J connectivity index is 0.000000668. The maximum absolute atomic E-state index is 11.2. The highest BCUT2D eigenvalue weighted by molar-refractivity contribution is 7.19. The minimum atomic E-state index is -0.937. The van der Waals surface area contributed by atoms with E-state index in [-0.39, 0.29) is 13.0 Å². The summed E-state index contributed by atoms with van der Waals surface area (Å²) in [5.74, 6) is 0.723. The summed E-state index contributed by atoms with van der Waals surface area (Å²) < 4.78 is 5.20. The quantitative estimate of drug-likeness (QED) is 0.406. The SMILES string of the molecule is COc1ccc(CNc2nc(CC(=O)O)nc3sc4c(c23)CCCC4)cc1Cl.NCCO. The average Bonchev–Trinajstić information content (AvgIpc) is 3.15. The van der Waals surface area contributed by atoms with Crippen LogP contribution in [0.3, 0.4) is 0 Å². The predicted octanol–water partition coefficient (Wildman–Crippen LogP) is 3.41. The lowest BCUT2D eigenvalue weighted by Crippen LogP contribution is -2.09. The van der Waals surface area contributed by atoms with Gasteiger partial charge in [-0.25, -0.2) is 9.97 Å².